The summed E-state index contributed by atoms with van der Waals surface area (Å²) in [5.74, 6) is -0.0960. The van der Waals surface area contributed by atoms with Crippen LogP contribution in [0.3, 0.4) is 0 Å². The molecule has 0 aromatic rings. The third-order valence-electron chi connectivity index (χ3n) is 2.98. The molecule has 3 N–H and O–H groups in total. The van der Waals surface area contributed by atoms with E-state index in [0.717, 1.165) is 26.3 Å². The van der Waals surface area contributed by atoms with Gasteiger partial charge in [-0.1, -0.05) is 0 Å². The van der Waals surface area contributed by atoms with Crippen LogP contribution in [0.5, 0.6) is 0 Å². The molecule has 0 aliphatic carbocycles. The first kappa shape index (κ1) is 20.3. The molecule has 1 amide bonds. The maximum absolute atomic E-state index is 11.4. The van der Waals surface area contributed by atoms with Gasteiger partial charge in [-0.25, -0.2) is 0 Å². The van der Waals surface area contributed by atoms with Gasteiger partial charge in [-0.2, -0.15) is 0 Å². The number of carbonyl (C=O) groups excluding carboxylic acids is 1. The second kappa shape index (κ2) is 8.93. The van der Waals surface area contributed by atoms with Gasteiger partial charge in [0.1, 0.15) is 0 Å². The van der Waals surface area contributed by atoms with E-state index in [-0.39, 0.29) is 36.3 Å². The van der Waals surface area contributed by atoms with Crippen LogP contribution >= 0.6 is 24.8 Å². The zero-order valence-electron chi connectivity index (χ0n) is 11.3. The lowest BCUT2D eigenvalue weighted by atomic mass is 10.0. The van der Waals surface area contributed by atoms with Gasteiger partial charge < -0.3 is 15.8 Å². The lowest BCUT2D eigenvalue weighted by Gasteiger charge is -2.40. The number of halogens is 2. The van der Waals surface area contributed by atoms with Crippen molar-refractivity contribution in [3.8, 4) is 0 Å². The van der Waals surface area contributed by atoms with Crippen LogP contribution in [0, 0.1) is 0 Å². The van der Waals surface area contributed by atoms with E-state index in [2.05, 4.69) is 24.1 Å². The summed E-state index contributed by atoms with van der Waals surface area (Å²) < 4.78 is 5.31. The number of hydrogen-bond acceptors (Lipinski definition) is 4. The number of hydrogen-bond donors (Lipinski definition) is 2. The smallest absolute Gasteiger partial charge is 0.236 e. The summed E-state index contributed by atoms with van der Waals surface area (Å²) in [6, 6.07) is -0.444. The molecular weight excluding hydrogens is 277 g/mol. The Morgan fingerprint density at radius 2 is 1.89 bits per heavy atom. The van der Waals surface area contributed by atoms with Crippen molar-refractivity contribution >= 4 is 30.7 Å². The molecule has 1 rings (SSSR count). The number of nitrogens with one attached hydrogen (secondary N) is 1. The number of amides is 1. The Balaban J connectivity index is 0. The van der Waals surface area contributed by atoms with Crippen LogP contribution in [0.25, 0.3) is 0 Å². The Labute approximate surface area is 122 Å². The van der Waals surface area contributed by atoms with Gasteiger partial charge in [-0.15, -0.1) is 24.8 Å². The second-order valence-electron chi connectivity index (χ2n) is 4.92. The molecule has 0 spiro atoms. The molecule has 1 aliphatic rings. The summed E-state index contributed by atoms with van der Waals surface area (Å²) in [5, 5.41) is 2.87. The van der Waals surface area contributed by atoms with E-state index in [4.69, 9.17) is 10.5 Å². The topological polar surface area (TPSA) is 67.6 Å². The average molecular weight is 302 g/mol. The molecular formula is C11H25Cl2N3O2. The van der Waals surface area contributed by atoms with E-state index in [9.17, 15) is 4.79 Å². The maximum atomic E-state index is 11.4. The van der Waals surface area contributed by atoms with Gasteiger partial charge in [0.15, 0.2) is 0 Å². The third kappa shape index (κ3) is 6.20. The molecule has 0 aromatic carbocycles. The number of ether oxygens (including phenoxy) is 1. The Bertz CT molecular complexity index is 244. The first-order valence-corrected chi connectivity index (χ1v) is 5.79. The summed E-state index contributed by atoms with van der Waals surface area (Å²) in [5.41, 5.74) is 5.45. The summed E-state index contributed by atoms with van der Waals surface area (Å²) in [6.45, 7) is 9.93. The van der Waals surface area contributed by atoms with E-state index in [1.807, 2.05) is 0 Å². The molecule has 7 heteroatoms. The SMILES string of the molecule is C[C@@H](N)C(=O)NCC(C)(C)N1CCOCC1.Cl.Cl. The molecule has 0 radical (unpaired) electrons. The fourth-order valence-electron chi connectivity index (χ4n) is 1.74. The molecule has 110 valence electrons. The van der Waals surface area contributed by atoms with Crippen LogP contribution in [-0.2, 0) is 9.53 Å². The fraction of sp³-hybridized carbons (Fsp3) is 0.909. The van der Waals surface area contributed by atoms with Crippen molar-refractivity contribution in [3.05, 3.63) is 0 Å². The lowest BCUT2D eigenvalue weighted by molar-refractivity contribution is -0.122. The van der Waals surface area contributed by atoms with Crippen molar-refractivity contribution in [1.29, 1.82) is 0 Å². The fourth-order valence-corrected chi connectivity index (χ4v) is 1.74. The minimum Gasteiger partial charge on any atom is -0.379 e. The number of morpholine rings is 1. The van der Waals surface area contributed by atoms with Crippen LogP contribution in [0.15, 0.2) is 0 Å². The number of rotatable bonds is 4. The van der Waals surface area contributed by atoms with Crippen molar-refractivity contribution < 1.29 is 9.53 Å². The summed E-state index contributed by atoms with van der Waals surface area (Å²) >= 11 is 0. The van der Waals surface area contributed by atoms with Crippen molar-refractivity contribution in [2.75, 3.05) is 32.8 Å². The molecule has 18 heavy (non-hydrogen) atoms. The van der Waals surface area contributed by atoms with Gasteiger partial charge in [0.25, 0.3) is 0 Å². The first-order valence-electron chi connectivity index (χ1n) is 5.79. The van der Waals surface area contributed by atoms with Crippen LogP contribution in [0.1, 0.15) is 20.8 Å². The normalized spacial score (nSPS) is 18.2. The van der Waals surface area contributed by atoms with Crippen molar-refractivity contribution in [2.45, 2.75) is 32.4 Å². The van der Waals surface area contributed by atoms with Crippen LogP contribution < -0.4 is 11.1 Å². The van der Waals surface area contributed by atoms with E-state index >= 15 is 0 Å². The highest BCUT2D eigenvalue weighted by molar-refractivity contribution is 5.85. The molecule has 0 unspecified atom stereocenters. The first-order chi connectivity index (χ1) is 7.43. The Hall–Kier alpha value is -0.0700. The van der Waals surface area contributed by atoms with Crippen LogP contribution in [0.4, 0.5) is 0 Å². The van der Waals surface area contributed by atoms with E-state index < -0.39 is 6.04 Å². The molecule has 1 aliphatic heterocycles. The van der Waals surface area contributed by atoms with Crippen molar-refractivity contribution in [2.24, 2.45) is 5.73 Å². The largest absolute Gasteiger partial charge is 0.379 e. The lowest BCUT2D eigenvalue weighted by Crippen LogP contribution is -2.56. The zero-order chi connectivity index (χ0) is 12.2. The standard InChI is InChI=1S/C11H23N3O2.2ClH/c1-9(12)10(15)13-8-11(2,3)14-4-6-16-7-5-14;;/h9H,4-8,12H2,1-3H3,(H,13,15);2*1H/t9-;;/m1../s1. The van der Waals surface area contributed by atoms with E-state index in [1.165, 1.54) is 0 Å². The summed E-state index contributed by atoms with van der Waals surface area (Å²) in [7, 11) is 0. The van der Waals surface area contributed by atoms with Gasteiger partial charge >= 0.3 is 0 Å². The second-order valence-corrected chi connectivity index (χ2v) is 4.92. The molecule has 1 saturated heterocycles. The van der Waals surface area contributed by atoms with Gasteiger partial charge in [-0.05, 0) is 20.8 Å². The zero-order valence-corrected chi connectivity index (χ0v) is 12.9. The average Bonchev–Trinajstić information content (AvgIpc) is 2.27. The third-order valence-corrected chi connectivity index (χ3v) is 2.98. The van der Waals surface area contributed by atoms with Crippen LogP contribution in [0.2, 0.25) is 0 Å². The van der Waals surface area contributed by atoms with Crippen LogP contribution in [-0.4, -0.2) is 55.2 Å². The summed E-state index contributed by atoms with van der Waals surface area (Å²) in [6.07, 6.45) is 0. The van der Waals surface area contributed by atoms with E-state index in [0.29, 0.717) is 6.54 Å². The number of nitrogens with zero attached hydrogens (tertiary/aromatic N) is 1. The summed E-state index contributed by atoms with van der Waals surface area (Å²) in [4.78, 5) is 13.7. The minimum absolute atomic E-state index is 0. The minimum atomic E-state index is -0.444. The Kier molecular flexibility index (Phi) is 10.1. The molecule has 5 nitrogen and oxygen atoms in total. The highest BCUT2D eigenvalue weighted by Crippen LogP contribution is 2.14. The van der Waals surface area contributed by atoms with Gasteiger partial charge in [0.05, 0.1) is 19.3 Å². The molecule has 0 bridgehead atoms. The monoisotopic (exact) mass is 301 g/mol. The highest BCUT2D eigenvalue weighted by atomic mass is 35.5. The molecule has 1 heterocycles. The molecule has 0 saturated carbocycles. The van der Waals surface area contributed by atoms with Crippen molar-refractivity contribution in [3.63, 3.8) is 0 Å². The van der Waals surface area contributed by atoms with Crippen molar-refractivity contribution in [1.82, 2.24) is 10.2 Å². The van der Waals surface area contributed by atoms with Gasteiger partial charge in [-0.3, -0.25) is 9.69 Å². The number of nitrogens with two attached hydrogens (primary N) is 1. The predicted molar refractivity (Wildman–Crippen MR) is 77.6 cm³/mol. The Morgan fingerprint density at radius 1 is 1.39 bits per heavy atom. The molecule has 1 fully saturated rings. The predicted octanol–water partition coefficient (Wildman–Crippen LogP) is 0.404. The highest BCUT2D eigenvalue weighted by Gasteiger charge is 2.28. The number of carbonyl (C=O) groups is 1. The van der Waals surface area contributed by atoms with Gasteiger partial charge in [0.2, 0.25) is 5.91 Å². The molecule has 1 atom stereocenters. The van der Waals surface area contributed by atoms with Gasteiger partial charge in [0, 0.05) is 25.2 Å². The maximum Gasteiger partial charge on any atom is 0.236 e. The quantitative estimate of drug-likeness (QED) is 0.789. The van der Waals surface area contributed by atoms with E-state index in [1.54, 1.807) is 6.92 Å². The Morgan fingerprint density at radius 3 is 2.33 bits per heavy atom. The molecule has 0 aromatic heterocycles.